The minimum Gasteiger partial charge on any atom is -0.343 e. The number of amides is 2. The molecule has 1 N–H and O–H groups in total. The summed E-state index contributed by atoms with van der Waals surface area (Å²) in [5, 5.41) is 3.04. The van der Waals surface area contributed by atoms with E-state index < -0.39 is 0 Å². The number of nitrogens with zero attached hydrogens (tertiary/aromatic N) is 2. The summed E-state index contributed by atoms with van der Waals surface area (Å²) in [7, 11) is 0. The van der Waals surface area contributed by atoms with Crippen LogP contribution >= 0.6 is 11.6 Å². The van der Waals surface area contributed by atoms with Gasteiger partial charge in [0.25, 0.3) is 5.91 Å². The molecule has 1 fully saturated rings. The highest BCUT2D eigenvalue weighted by atomic mass is 35.5. The van der Waals surface area contributed by atoms with E-state index in [4.69, 9.17) is 11.6 Å². The molecule has 3 rings (SSSR count). The van der Waals surface area contributed by atoms with Gasteiger partial charge in [0.15, 0.2) is 0 Å². The molecule has 1 saturated heterocycles. The Hall–Kier alpha value is -2.37. The van der Waals surface area contributed by atoms with Crippen LogP contribution in [0.2, 0.25) is 5.02 Å². The Balaban J connectivity index is 1.44. The fourth-order valence-corrected chi connectivity index (χ4v) is 3.23. The Kier molecular flexibility index (Phi) is 6.26. The van der Waals surface area contributed by atoms with Gasteiger partial charge in [-0.1, -0.05) is 54.1 Å². The van der Waals surface area contributed by atoms with Crippen LogP contribution in [-0.2, 0) is 11.3 Å². The molecule has 0 atom stereocenters. The number of benzene rings is 2. The zero-order valence-electron chi connectivity index (χ0n) is 14.5. The van der Waals surface area contributed by atoms with Crippen molar-refractivity contribution in [2.24, 2.45) is 0 Å². The third kappa shape index (κ3) is 4.84. The highest BCUT2D eigenvalue weighted by Gasteiger charge is 2.21. The highest BCUT2D eigenvalue weighted by molar-refractivity contribution is 6.33. The quantitative estimate of drug-likeness (QED) is 0.878. The van der Waals surface area contributed by atoms with E-state index in [-0.39, 0.29) is 18.4 Å². The molecule has 0 bridgehead atoms. The second kappa shape index (κ2) is 8.83. The van der Waals surface area contributed by atoms with E-state index in [0.717, 1.165) is 19.6 Å². The van der Waals surface area contributed by atoms with Crippen LogP contribution in [-0.4, -0.2) is 54.3 Å². The van der Waals surface area contributed by atoms with Crippen LogP contribution in [0.4, 0.5) is 0 Å². The van der Waals surface area contributed by atoms with Gasteiger partial charge in [-0.3, -0.25) is 14.5 Å². The van der Waals surface area contributed by atoms with Gasteiger partial charge in [-0.2, -0.15) is 0 Å². The molecule has 2 aromatic rings. The number of rotatable bonds is 5. The van der Waals surface area contributed by atoms with E-state index in [1.807, 2.05) is 18.2 Å². The first-order valence-corrected chi connectivity index (χ1v) is 9.08. The molecular weight excluding hydrogens is 350 g/mol. The number of piperazine rings is 1. The van der Waals surface area contributed by atoms with Crippen LogP contribution < -0.4 is 5.32 Å². The van der Waals surface area contributed by atoms with Gasteiger partial charge in [0.2, 0.25) is 5.91 Å². The normalized spacial score (nSPS) is 14.9. The van der Waals surface area contributed by atoms with Crippen molar-refractivity contribution in [2.45, 2.75) is 6.54 Å². The van der Waals surface area contributed by atoms with E-state index in [2.05, 4.69) is 22.3 Å². The summed E-state index contributed by atoms with van der Waals surface area (Å²) in [5.74, 6) is -0.392. The van der Waals surface area contributed by atoms with Gasteiger partial charge in [0.1, 0.15) is 0 Å². The van der Waals surface area contributed by atoms with Crippen LogP contribution in [0.15, 0.2) is 54.6 Å². The van der Waals surface area contributed by atoms with Crippen molar-refractivity contribution in [1.82, 2.24) is 15.1 Å². The average Bonchev–Trinajstić information content (AvgIpc) is 2.67. The monoisotopic (exact) mass is 371 g/mol. The van der Waals surface area contributed by atoms with Crippen LogP contribution in [0, 0.1) is 0 Å². The number of hydrogen-bond acceptors (Lipinski definition) is 3. The molecule has 0 radical (unpaired) electrons. The Bertz CT molecular complexity index is 759. The van der Waals surface area contributed by atoms with E-state index in [1.165, 1.54) is 5.56 Å². The van der Waals surface area contributed by atoms with Gasteiger partial charge in [-0.05, 0) is 17.7 Å². The molecule has 6 heteroatoms. The molecule has 2 amide bonds. The molecule has 1 aliphatic rings. The zero-order chi connectivity index (χ0) is 18.4. The molecule has 2 aromatic carbocycles. The summed E-state index contributed by atoms with van der Waals surface area (Å²) in [4.78, 5) is 28.6. The van der Waals surface area contributed by atoms with Crippen molar-refractivity contribution in [3.05, 3.63) is 70.7 Å². The molecule has 0 aromatic heterocycles. The summed E-state index contributed by atoms with van der Waals surface area (Å²) in [6.07, 6.45) is 0. The van der Waals surface area contributed by atoms with Gasteiger partial charge in [-0.25, -0.2) is 0 Å². The van der Waals surface area contributed by atoms with Crippen molar-refractivity contribution in [2.75, 3.05) is 32.7 Å². The van der Waals surface area contributed by atoms with Gasteiger partial charge in [0, 0.05) is 32.7 Å². The predicted octanol–water partition coefficient (Wildman–Crippen LogP) is 2.41. The standard InChI is InChI=1S/C20H22ClN3O2/c21-18-9-5-4-8-17(18)20(26)22-14-19(25)24-12-10-23(11-13-24)15-16-6-2-1-3-7-16/h1-9H,10-15H2,(H,22,26). The fraction of sp³-hybridized carbons (Fsp3) is 0.300. The lowest BCUT2D eigenvalue weighted by Crippen LogP contribution is -2.50. The maximum absolute atomic E-state index is 12.3. The van der Waals surface area contributed by atoms with E-state index in [9.17, 15) is 9.59 Å². The maximum atomic E-state index is 12.3. The third-order valence-electron chi connectivity index (χ3n) is 4.49. The molecule has 1 aliphatic heterocycles. The topological polar surface area (TPSA) is 52.7 Å². The van der Waals surface area contributed by atoms with E-state index >= 15 is 0 Å². The Morgan fingerprint density at radius 1 is 0.923 bits per heavy atom. The van der Waals surface area contributed by atoms with Gasteiger partial charge in [0.05, 0.1) is 17.1 Å². The lowest BCUT2D eigenvalue weighted by atomic mass is 10.2. The minimum atomic E-state index is -0.327. The molecular formula is C20H22ClN3O2. The van der Waals surface area contributed by atoms with Crippen LogP contribution in [0.1, 0.15) is 15.9 Å². The smallest absolute Gasteiger partial charge is 0.253 e. The maximum Gasteiger partial charge on any atom is 0.253 e. The molecule has 0 unspecified atom stereocenters. The molecule has 136 valence electrons. The Morgan fingerprint density at radius 3 is 2.27 bits per heavy atom. The first-order chi connectivity index (χ1) is 12.6. The summed E-state index contributed by atoms with van der Waals surface area (Å²) >= 11 is 6.00. The van der Waals surface area contributed by atoms with E-state index in [1.54, 1.807) is 29.2 Å². The largest absolute Gasteiger partial charge is 0.343 e. The van der Waals surface area contributed by atoms with Gasteiger partial charge in [-0.15, -0.1) is 0 Å². The van der Waals surface area contributed by atoms with Crippen molar-refractivity contribution < 1.29 is 9.59 Å². The Morgan fingerprint density at radius 2 is 1.58 bits per heavy atom. The number of carbonyl (C=O) groups excluding carboxylic acids is 2. The summed E-state index contributed by atoms with van der Waals surface area (Å²) in [5.41, 5.74) is 1.66. The number of carbonyl (C=O) groups is 2. The third-order valence-corrected chi connectivity index (χ3v) is 4.82. The first-order valence-electron chi connectivity index (χ1n) is 8.70. The molecule has 0 aliphatic carbocycles. The Labute approximate surface area is 158 Å². The lowest BCUT2D eigenvalue weighted by Gasteiger charge is -2.34. The predicted molar refractivity (Wildman–Crippen MR) is 102 cm³/mol. The molecule has 0 saturated carbocycles. The second-order valence-electron chi connectivity index (χ2n) is 6.31. The second-order valence-corrected chi connectivity index (χ2v) is 6.71. The molecule has 0 spiro atoms. The average molecular weight is 372 g/mol. The van der Waals surface area contributed by atoms with E-state index in [0.29, 0.717) is 23.7 Å². The molecule has 1 heterocycles. The van der Waals surface area contributed by atoms with Crippen molar-refractivity contribution in [3.63, 3.8) is 0 Å². The minimum absolute atomic E-state index is 0.0112. The lowest BCUT2D eigenvalue weighted by molar-refractivity contribution is -0.131. The van der Waals surface area contributed by atoms with Crippen molar-refractivity contribution >= 4 is 23.4 Å². The van der Waals surface area contributed by atoms with Crippen LogP contribution in [0.5, 0.6) is 0 Å². The SMILES string of the molecule is O=C(NCC(=O)N1CCN(Cc2ccccc2)CC1)c1ccccc1Cl. The molecule has 26 heavy (non-hydrogen) atoms. The van der Waals surface area contributed by atoms with Gasteiger partial charge < -0.3 is 10.2 Å². The number of halogens is 1. The van der Waals surface area contributed by atoms with Gasteiger partial charge >= 0.3 is 0 Å². The van der Waals surface area contributed by atoms with Crippen LogP contribution in [0.3, 0.4) is 0 Å². The highest BCUT2D eigenvalue weighted by Crippen LogP contribution is 2.14. The molecule has 5 nitrogen and oxygen atoms in total. The van der Waals surface area contributed by atoms with Crippen LogP contribution in [0.25, 0.3) is 0 Å². The van der Waals surface area contributed by atoms with Crippen molar-refractivity contribution in [1.29, 1.82) is 0 Å². The zero-order valence-corrected chi connectivity index (χ0v) is 15.3. The summed E-state index contributed by atoms with van der Waals surface area (Å²) in [6.45, 7) is 3.90. The number of nitrogens with one attached hydrogen (secondary N) is 1. The summed E-state index contributed by atoms with van der Waals surface area (Å²) < 4.78 is 0. The summed E-state index contributed by atoms with van der Waals surface area (Å²) in [6, 6.07) is 17.1. The first kappa shape index (κ1) is 18.4. The number of hydrogen-bond donors (Lipinski definition) is 1. The fourth-order valence-electron chi connectivity index (χ4n) is 3.01. The van der Waals surface area contributed by atoms with Crippen molar-refractivity contribution in [3.8, 4) is 0 Å².